The highest BCUT2D eigenvalue weighted by molar-refractivity contribution is 5.80. The quantitative estimate of drug-likeness (QED) is 0.858. The van der Waals surface area contributed by atoms with Crippen LogP contribution >= 0.6 is 0 Å². The van der Waals surface area contributed by atoms with Gasteiger partial charge in [0.1, 0.15) is 5.75 Å². The number of ether oxygens (including phenoxy) is 1. The van der Waals surface area contributed by atoms with Crippen molar-refractivity contribution in [3.63, 3.8) is 0 Å². The average molecular weight is 291 g/mol. The van der Waals surface area contributed by atoms with Crippen molar-refractivity contribution in [2.45, 2.75) is 26.2 Å². The number of benzene rings is 1. The van der Waals surface area contributed by atoms with Crippen LogP contribution in [0.5, 0.6) is 5.75 Å². The van der Waals surface area contributed by atoms with E-state index in [0.29, 0.717) is 19.7 Å². The summed E-state index contributed by atoms with van der Waals surface area (Å²) in [6.45, 7) is 3.29. The summed E-state index contributed by atoms with van der Waals surface area (Å²) in [7, 11) is 0. The number of hydrogen-bond donors (Lipinski definition) is 1. The lowest BCUT2D eigenvalue weighted by Crippen LogP contribution is -2.43. The SMILES string of the molecule is CCOC(=O)C1CCCN(C(=O)Cc2ccc(O)cc2)C1. The normalized spacial score (nSPS) is 18.3. The number of amides is 1. The zero-order valence-electron chi connectivity index (χ0n) is 12.2. The molecule has 5 nitrogen and oxygen atoms in total. The lowest BCUT2D eigenvalue weighted by Gasteiger charge is -2.31. The third-order valence-electron chi connectivity index (χ3n) is 3.69. The first-order valence-corrected chi connectivity index (χ1v) is 7.32. The van der Waals surface area contributed by atoms with Crippen molar-refractivity contribution in [2.75, 3.05) is 19.7 Å². The first-order chi connectivity index (χ1) is 10.1. The van der Waals surface area contributed by atoms with Crippen LogP contribution in [0.4, 0.5) is 0 Å². The van der Waals surface area contributed by atoms with Crippen LogP contribution in [0.25, 0.3) is 0 Å². The predicted molar refractivity (Wildman–Crippen MR) is 77.7 cm³/mol. The van der Waals surface area contributed by atoms with E-state index in [-0.39, 0.29) is 30.0 Å². The van der Waals surface area contributed by atoms with Gasteiger partial charge in [0.25, 0.3) is 0 Å². The molecule has 21 heavy (non-hydrogen) atoms. The van der Waals surface area contributed by atoms with Gasteiger partial charge in [-0.3, -0.25) is 9.59 Å². The third kappa shape index (κ3) is 4.21. The van der Waals surface area contributed by atoms with Gasteiger partial charge in [0.15, 0.2) is 0 Å². The number of esters is 1. The topological polar surface area (TPSA) is 66.8 Å². The maximum atomic E-state index is 12.3. The first-order valence-electron chi connectivity index (χ1n) is 7.32. The van der Waals surface area contributed by atoms with Crippen molar-refractivity contribution in [1.82, 2.24) is 4.90 Å². The second kappa shape index (κ2) is 7.11. The van der Waals surface area contributed by atoms with E-state index in [1.165, 1.54) is 0 Å². The Labute approximate surface area is 124 Å². The van der Waals surface area contributed by atoms with Crippen molar-refractivity contribution in [3.05, 3.63) is 29.8 Å². The monoisotopic (exact) mass is 291 g/mol. The second-order valence-corrected chi connectivity index (χ2v) is 5.27. The van der Waals surface area contributed by atoms with Crippen LogP contribution in [-0.2, 0) is 20.7 Å². The third-order valence-corrected chi connectivity index (χ3v) is 3.69. The fraction of sp³-hybridized carbons (Fsp3) is 0.500. The Morgan fingerprint density at radius 1 is 1.33 bits per heavy atom. The molecule has 1 heterocycles. The lowest BCUT2D eigenvalue weighted by atomic mass is 9.97. The van der Waals surface area contributed by atoms with Gasteiger partial charge < -0.3 is 14.7 Å². The van der Waals surface area contributed by atoms with E-state index in [9.17, 15) is 14.7 Å². The molecule has 0 spiro atoms. The molecule has 1 saturated heterocycles. The van der Waals surface area contributed by atoms with E-state index < -0.39 is 0 Å². The molecule has 1 aliphatic rings. The average Bonchev–Trinajstić information content (AvgIpc) is 2.50. The molecule has 1 fully saturated rings. The molecule has 0 aliphatic carbocycles. The number of piperidine rings is 1. The molecule has 1 amide bonds. The van der Waals surface area contributed by atoms with E-state index in [4.69, 9.17) is 4.74 Å². The van der Waals surface area contributed by atoms with Crippen molar-refractivity contribution in [3.8, 4) is 5.75 Å². The summed E-state index contributed by atoms with van der Waals surface area (Å²) in [5.41, 5.74) is 0.857. The van der Waals surface area contributed by atoms with E-state index in [1.54, 1.807) is 36.1 Å². The number of nitrogens with zero attached hydrogens (tertiary/aromatic N) is 1. The van der Waals surface area contributed by atoms with Crippen LogP contribution in [0.15, 0.2) is 24.3 Å². The Kier molecular flexibility index (Phi) is 5.20. The van der Waals surface area contributed by atoms with Crippen LogP contribution in [0.2, 0.25) is 0 Å². The largest absolute Gasteiger partial charge is 0.508 e. The predicted octanol–water partition coefficient (Wildman–Crippen LogP) is 1.74. The summed E-state index contributed by atoms with van der Waals surface area (Å²) in [4.78, 5) is 25.8. The van der Waals surface area contributed by atoms with Gasteiger partial charge in [0.2, 0.25) is 5.91 Å². The van der Waals surface area contributed by atoms with Crippen LogP contribution in [0, 0.1) is 5.92 Å². The molecular weight excluding hydrogens is 270 g/mol. The molecule has 1 unspecified atom stereocenters. The molecule has 0 radical (unpaired) electrons. The van der Waals surface area contributed by atoms with Crippen LogP contribution < -0.4 is 0 Å². The molecule has 114 valence electrons. The van der Waals surface area contributed by atoms with E-state index in [1.807, 2.05) is 0 Å². The Morgan fingerprint density at radius 2 is 2.05 bits per heavy atom. The Morgan fingerprint density at radius 3 is 2.71 bits per heavy atom. The molecule has 0 aromatic heterocycles. The van der Waals surface area contributed by atoms with Gasteiger partial charge in [-0.05, 0) is 37.5 Å². The standard InChI is InChI=1S/C16H21NO4/c1-2-21-16(20)13-4-3-9-17(11-13)15(19)10-12-5-7-14(18)8-6-12/h5-8,13,18H,2-4,9-11H2,1H3. The second-order valence-electron chi connectivity index (χ2n) is 5.27. The lowest BCUT2D eigenvalue weighted by molar-refractivity contribution is -0.151. The van der Waals surface area contributed by atoms with Crippen molar-refractivity contribution in [1.29, 1.82) is 0 Å². The van der Waals surface area contributed by atoms with Gasteiger partial charge in [-0.25, -0.2) is 0 Å². The first kappa shape index (κ1) is 15.4. The smallest absolute Gasteiger partial charge is 0.310 e. The van der Waals surface area contributed by atoms with Crippen LogP contribution in [0.1, 0.15) is 25.3 Å². The van der Waals surface area contributed by atoms with Gasteiger partial charge >= 0.3 is 5.97 Å². The summed E-state index contributed by atoms with van der Waals surface area (Å²) in [5.74, 6) is -0.219. The molecule has 1 N–H and O–H groups in total. The van der Waals surface area contributed by atoms with Crippen molar-refractivity contribution < 1.29 is 19.4 Å². The van der Waals surface area contributed by atoms with Crippen LogP contribution in [-0.4, -0.2) is 41.6 Å². The number of carbonyl (C=O) groups is 2. The molecule has 1 aromatic carbocycles. The van der Waals surface area contributed by atoms with Gasteiger partial charge in [0, 0.05) is 13.1 Å². The van der Waals surface area contributed by atoms with Gasteiger partial charge in [-0.1, -0.05) is 12.1 Å². The fourth-order valence-corrected chi connectivity index (χ4v) is 2.56. The molecule has 1 aromatic rings. The highest BCUT2D eigenvalue weighted by atomic mass is 16.5. The maximum Gasteiger partial charge on any atom is 0.310 e. The number of rotatable bonds is 4. The minimum atomic E-state index is -0.209. The fourth-order valence-electron chi connectivity index (χ4n) is 2.56. The summed E-state index contributed by atoms with van der Waals surface area (Å²) in [5, 5.41) is 9.24. The number of carbonyl (C=O) groups excluding carboxylic acids is 2. The number of phenols is 1. The Bertz CT molecular complexity index is 498. The molecular formula is C16H21NO4. The van der Waals surface area contributed by atoms with Crippen molar-refractivity contribution in [2.24, 2.45) is 5.92 Å². The molecule has 5 heteroatoms. The molecule has 0 bridgehead atoms. The maximum absolute atomic E-state index is 12.3. The number of hydrogen-bond acceptors (Lipinski definition) is 4. The summed E-state index contributed by atoms with van der Waals surface area (Å²) in [6.07, 6.45) is 1.89. The van der Waals surface area contributed by atoms with Crippen LogP contribution in [0.3, 0.4) is 0 Å². The highest BCUT2D eigenvalue weighted by Crippen LogP contribution is 2.19. The van der Waals surface area contributed by atoms with Gasteiger partial charge in [-0.2, -0.15) is 0 Å². The Balaban J connectivity index is 1.92. The molecule has 1 aliphatic heterocycles. The summed E-state index contributed by atoms with van der Waals surface area (Å²) < 4.78 is 5.04. The number of likely N-dealkylation sites (tertiary alicyclic amines) is 1. The van der Waals surface area contributed by atoms with E-state index in [2.05, 4.69) is 0 Å². The zero-order valence-corrected chi connectivity index (χ0v) is 12.2. The summed E-state index contributed by atoms with van der Waals surface area (Å²) >= 11 is 0. The van der Waals surface area contributed by atoms with E-state index in [0.717, 1.165) is 18.4 Å². The Hall–Kier alpha value is -2.04. The molecule has 1 atom stereocenters. The molecule has 2 rings (SSSR count). The number of phenolic OH excluding ortho intramolecular Hbond substituents is 1. The molecule has 0 saturated carbocycles. The van der Waals surface area contributed by atoms with Gasteiger partial charge in [0.05, 0.1) is 18.9 Å². The summed E-state index contributed by atoms with van der Waals surface area (Å²) in [6, 6.07) is 6.61. The highest BCUT2D eigenvalue weighted by Gasteiger charge is 2.29. The van der Waals surface area contributed by atoms with E-state index >= 15 is 0 Å². The zero-order chi connectivity index (χ0) is 15.2. The van der Waals surface area contributed by atoms with Gasteiger partial charge in [-0.15, -0.1) is 0 Å². The van der Waals surface area contributed by atoms with Crippen molar-refractivity contribution >= 4 is 11.9 Å². The minimum Gasteiger partial charge on any atom is -0.508 e. The minimum absolute atomic E-state index is 0.00897. The number of aromatic hydroxyl groups is 1.